The summed E-state index contributed by atoms with van der Waals surface area (Å²) in [5.74, 6) is -0.826. The highest BCUT2D eigenvalue weighted by molar-refractivity contribution is 5.71. The van der Waals surface area contributed by atoms with Gasteiger partial charge in [-0.3, -0.25) is 14.4 Å². The molecule has 1 atom stereocenters. The molecule has 1 unspecified atom stereocenters. The number of ether oxygens (including phenoxy) is 3. The third-order valence-electron chi connectivity index (χ3n) is 17.0. The number of rotatable bonds is 69. The summed E-state index contributed by atoms with van der Waals surface area (Å²) in [6, 6.07) is 0. The second-order valence-electron chi connectivity index (χ2n) is 25.2. The van der Waals surface area contributed by atoms with Crippen molar-refractivity contribution in [2.45, 2.75) is 425 Å². The first-order chi connectivity index (χ1) is 40.0. The van der Waals surface area contributed by atoms with E-state index in [-0.39, 0.29) is 31.1 Å². The van der Waals surface area contributed by atoms with E-state index in [1.54, 1.807) is 0 Å². The molecule has 0 rings (SSSR count). The molecule has 0 fully saturated rings. The molecule has 0 N–H and O–H groups in total. The van der Waals surface area contributed by atoms with Gasteiger partial charge in [0.1, 0.15) is 13.2 Å². The summed E-state index contributed by atoms with van der Waals surface area (Å²) >= 11 is 0. The third kappa shape index (κ3) is 68.6. The van der Waals surface area contributed by atoms with Crippen LogP contribution in [0, 0.1) is 0 Å². The Hall–Kier alpha value is -2.11. The van der Waals surface area contributed by atoms with Gasteiger partial charge in [0.25, 0.3) is 0 Å². The summed E-state index contributed by atoms with van der Waals surface area (Å²) in [5.41, 5.74) is 0. The highest BCUT2D eigenvalue weighted by Gasteiger charge is 2.20. The molecule has 0 saturated heterocycles. The number of hydrogen-bond donors (Lipinski definition) is 0. The summed E-state index contributed by atoms with van der Waals surface area (Å²) in [5, 5.41) is 0. The fourth-order valence-corrected chi connectivity index (χ4v) is 11.4. The normalized spacial score (nSPS) is 12.1. The molecular formula is C75H142O6. The minimum absolute atomic E-state index is 0.0630. The maximum Gasteiger partial charge on any atom is 0.306 e. The van der Waals surface area contributed by atoms with Gasteiger partial charge in [-0.05, 0) is 51.4 Å². The smallest absolute Gasteiger partial charge is 0.306 e. The van der Waals surface area contributed by atoms with E-state index in [1.807, 2.05) is 0 Å². The highest BCUT2D eigenvalue weighted by atomic mass is 16.6. The molecule has 0 saturated carbocycles. The van der Waals surface area contributed by atoms with Crippen LogP contribution in [0.5, 0.6) is 0 Å². The van der Waals surface area contributed by atoms with Crippen molar-refractivity contribution in [3.63, 3.8) is 0 Å². The second-order valence-corrected chi connectivity index (χ2v) is 25.2. The minimum Gasteiger partial charge on any atom is -0.462 e. The summed E-state index contributed by atoms with van der Waals surface area (Å²) in [6.07, 6.45) is 86.4. The van der Waals surface area contributed by atoms with Gasteiger partial charge in [0.05, 0.1) is 0 Å². The predicted molar refractivity (Wildman–Crippen MR) is 353 cm³/mol. The van der Waals surface area contributed by atoms with Crippen molar-refractivity contribution >= 4 is 17.9 Å². The number of esters is 3. The Bertz CT molecular complexity index is 1310. The Balaban J connectivity index is 4.18. The lowest BCUT2D eigenvalue weighted by molar-refractivity contribution is -0.167. The van der Waals surface area contributed by atoms with Crippen molar-refractivity contribution in [2.24, 2.45) is 0 Å². The molecule has 478 valence electrons. The fourth-order valence-electron chi connectivity index (χ4n) is 11.4. The number of carbonyl (C=O) groups excluding carboxylic acids is 3. The van der Waals surface area contributed by atoms with Crippen LogP contribution in [0.3, 0.4) is 0 Å². The number of allylic oxidation sites excluding steroid dienone is 4. The lowest BCUT2D eigenvalue weighted by Gasteiger charge is -2.18. The largest absolute Gasteiger partial charge is 0.462 e. The molecule has 0 aliphatic carbocycles. The zero-order valence-electron chi connectivity index (χ0n) is 55.1. The van der Waals surface area contributed by atoms with Gasteiger partial charge in [-0.25, -0.2) is 0 Å². The summed E-state index contributed by atoms with van der Waals surface area (Å²) in [7, 11) is 0. The molecule has 0 bridgehead atoms. The van der Waals surface area contributed by atoms with Crippen molar-refractivity contribution in [3.05, 3.63) is 24.3 Å². The van der Waals surface area contributed by atoms with Gasteiger partial charge in [-0.1, -0.05) is 373 Å². The van der Waals surface area contributed by atoms with Crippen molar-refractivity contribution in [2.75, 3.05) is 13.2 Å². The molecular weight excluding hydrogens is 997 g/mol. The van der Waals surface area contributed by atoms with Crippen LogP contribution in [0.4, 0.5) is 0 Å². The Morgan fingerprint density at radius 2 is 0.444 bits per heavy atom. The summed E-state index contributed by atoms with van der Waals surface area (Å²) in [6.45, 7) is 6.72. The van der Waals surface area contributed by atoms with Gasteiger partial charge >= 0.3 is 17.9 Å². The molecule has 0 spiro atoms. The molecule has 0 aromatic rings. The van der Waals surface area contributed by atoms with Crippen molar-refractivity contribution in [1.29, 1.82) is 0 Å². The first-order valence-corrected chi connectivity index (χ1v) is 36.8. The summed E-state index contributed by atoms with van der Waals surface area (Å²) < 4.78 is 17.0. The molecule has 0 aromatic heterocycles. The highest BCUT2D eigenvalue weighted by Crippen LogP contribution is 2.19. The Morgan fingerprint density at radius 1 is 0.247 bits per heavy atom. The Labute approximate surface area is 506 Å². The molecule has 0 heterocycles. The molecule has 6 nitrogen and oxygen atoms in total. The van der Waals surface area contributed by atoms with E-state index >= 15 is 0 Å². The number of unbranched alkanes of at least 4 members (excludes halogenated alkanes) is 54. The molecule has 81 heavy (non-hydrogen) atoms. The Morgan fingerprint density at radius 3 is 0.679 bits per heavy atom. The topological polar surface area (TPSA) is 78.9 Å². The number of carbonyl (C=O) groups is 3. The maximum atomic E-state index is 13.0. The van der Waals surface area contributed by atoms with E-state index in [2.05, 4.69) is 45.1 Å². The zero-order valence-corrected chi connectivity index (χ0v) is 55.1. The lowest BCUT2D eigenvalue weighted by Crippen LogP contribution is -2.30. The van der Waals surface area contributed by atoms with Crippen LogP contribution >= 0.6 is 0 Å². The van der Waals surface area contributed by atoms with Gasteiger partial charge in [0, 0.05) is 19.3 Å². The maximum absolute atomic E-state index is 13.0. The molecule has 0 radical (unpaired) electrons. The average Bonchev–Trinajstić information content (AvgIpc) is 3.47. The SMILES string of the molecule is CCCCCCC/C=C\C/C=C\CCCCCCCCCCCCCCCCCCCC(=O)OCC(COC(=O)CCCCCCCCCCCCCCCC)OC(=O)CCCCCCCCCCCCCCCCCCCCCC. The Kier molecular flexibility index (Phi) is 68.5. The van der Waals surface area contributed by atoms with Crippen LogP contribution in [0.1, 0.15) is 419 Å². The van der Waals surface area contributed by atoms with E-state index in [0.29, 0.717) is 19.3 Å². The fraction of sp³-hybridized carbons (Fsp3) is 0.907. The minimum atomic E-state index is -0.767. The van der Waals surface area contributed by atoms with E-state index < -0.39 is 6.10 Å². The summed E-state index contributed by atoms with van der Waals surface area (Å²) in [4.78, 5) is 38.5. The first-order valence-electron chi connectivity index (χ1n) is 36.8. The van der Waals surface area contributed by atoms with Crippen molar-refractivity contribution in [3.8, 4) is 0 Å². The van der Waals surface area contributed by atoms with Gasteiger partial charge < -0.3 is 14.2 Å². The van der Waals surface area contributed by atoms with Crippen LogP contribution in [-0.2, 0) is 28.6 Å². The molecule has 6 heteroatoms. The molecule has 0 aliphatic heterocycles. The van der Waals surface area contributed by atoms with Gasteiger partial charge in [-0.2, -0.15) is 0 Å². The van der Waals surface area contributed by atoms with Crippen molar-refractivity contribution in [1.82, 2.24) is 0 Å². The quantitative estimate of drug-likeness (QED) is 0.0261. The van der Waals surface area contributed by atoms with Crippen LogP contribution in [0.2, 0.25) is 0 Å². The van der Waals surface area contributed by atoms with Gasteiger partial charge in [0.2, 0.25) is 0 Å². The van der Waals surface area contributed by atoms with Crippen LogP contribution in [0.25, 0.3) is 0 Å². The second kappa shape index (κ2) is 70.4. The molecule has 0 aromatic carbocycles. The third-order valence-corrected chi connectivity index (χ3v) is 17.0. The van der Waals surface area contributed by atoms with E-state index in [9.17, 15) is 14.4 Å². The molecule has 0 amide bonds. The van der Waals surface area contributed by atoms with E-state index in [0.717, 1.165) is 64.2 Å². The molecule has 0 aliphatic rings. The first kappa shape index (κ1) is 78.9. The van der Waals surface area contributed by atoms with E-state index in [1.165, 1.54) is 315 Å². The number of hydrogen-bond acceptors (Lipinski definition) is 6. The predicted octanol–water partition coefficient (Wildman–Crippen LogP) is 25.3. The lowest BCUT2D eigenvalue weighted by atomic mass is 10.0. The standard InChI is InChI=1S/C75H142O6/c1-4-7-10-13-16-19-22-25-28-30-32-34-35-36-37-38-39-40-41-42-44-45-47-50-53-56-59-62-65-68-74(77)80-71-72(70-79-73(76)67-64-61-58-55-52-49-27-24-21-18-15-12-9-6-3)81-75(78)69-66-63-60-57-54-51-48-46-43-33-31-29-26-23-20-17-14-11-8-5-2/h22,25,30,32,72H,4-21,23-24,26-29,31,33-71H2,1-3H3/b25-22-,32-30-. The monoisotopic (exact) mass is 1140 g/mol. The average molecular weight is 1140 g/mol. The van der Waals surface area contributed by atoms with Gasteiger partial charge in [-0.15, -0.1) is 0 Å². The van der Waals surface area contributed by atoms with Crippen LogP contribution in [-0.4, -0.2) is 37.2 Å². The van der Waals surface area contributed by atoms with E-state index in [4.69, 9.17) is 14.2 Å². The van der Waals surface area contributed by atoms with Crippen LogP contribution in [0.15, 0.2) is 24.3 Å². The van der Waals surface area contributed by atoms with Crippen LogP contribution < -0.4 is 0 Å². The zero-order chi connectivity index (χ0) is 58.5. The van der Waals surface area contributed by atoms with Gasteiger partial charge in [0.15, 0.2) is 6.10 Å². The van der Waals surface area contributed by atoms with Crippen molar-refractivity contribution < 1.29 is 28.6 Å².